The zero-order valence-electron chi connectivity index (χ0n) is 16.4. The van der Waals surface area contributed by atoms with Crippen LogP contribution in [-0.4, -0.2) is 49.5 Å². The molecule has 0 unspecified atom stereocenters. The largest absolute Gasteiger partial charge is 0.493 e. The Hall–Kier alpha value is -3.55. The number of carbonyl (C=O) groups is 2. The molecule has 2 aromatic carbocycles. The van der Waals surface area contributed by atoms with Gasteiger partial charge >= 0.3 is 0 Å². The number of nitrogens with zero attached hydrogens (tertiary/aromatic N) is 1. The Morgan fingerprint density at radius 2 is 1.90 bits per heavy atom. The van der Waals surface area contributed by atoms with Gasteiger partial charge < -0.3 is 24.7 Å². The second kappa shape index (κ2) is 8.64. The zero-order chi connectivity index (χ0) is 21.0. The van der Waals surface area contributed by atoms with Crippen molar-refractivity contribution in [3.05, 3.63) is 59.5 Å². The molecule has 7 nitrogen and oxygen atoms in total. The molecule has 152 valence electrons. The van der Waals surface area contributed by atoms with E-state index in [0.29, 0.717) is 28.1 Å². The molecule has 1 aromatic heterocycles. The number of amides is 2. The van der Waals surface area contributed by atoms with Gasteiger partial charge in [-0.3, -0.25) is 9.59 Å². The van der Waals surface area contributed by atoms with E-state index in [0.717, 1.165) is 5.56 Å². The summed E-state index contributed by atoms with van der Waals surface area (Å²) in [5.41, 5.74) is 1.83. The van der Waals surface area contributed by atoms with Crippen LogP contribution in [0.1, 0.15) is 16.1 Å². The Morgan fingerprint density at radius 1 is 1.10 bits per heavy atom. The number of aromatic amines is 1. The Kier molecular flexibility index (Phi) is 6.01. The lowest BCUT2D eigenvalue weighted by Gasteiger charge is -2.14. The van der Waals surface area contributed by atoms with Crippen LogP contribution in [-0.2, 0) is 11.3 Å². The third-order valence-electron chi connectivity index (χ3n) is 4.36. The van der Waals surface area contributed by atoms with Gasteiger partial charge in [-0.25, -0.2) is 4.39 Å². The first kappa shape index (κ1) is 20.2. The number of carbonyl (C=O) groups excluding carboxylic acids is 2. The maximum Gasteiger partial charge on any atom is 0.267 e. The van der Waals surface area contributed by atoms with Crippen molar-refractivity contribution >= 4 is 22.7 Å². The number of hydrogen-bond donors (Lipinski definition) is 2. The molecule has 2 N–H and O–H groups in total. The van der Waals surface area contributed by atoms with E-state index in [1.54, 1.807) is 44.4 Å². The fraction of sp³-hybridized carbons (Fsp3) is 0.238. The number of benzene rings is 2. The number of H-pyrrole nitrogens is 1. The molecular weight excluding hydrogens is 377 g/mol. The second-order valence-electron chi connectivity index (χ2n) is 6.66. The van der Waals surface area contributed by atoms with Crippen molar-refractivity contribution in [1.82, 2.24) is 15.2 Å². The van der Waals surface area contributed by atoms with E-state index in [1.165, 1.54) is 24.1 Å². The minimum Gasteiger partial charge on any atom is -0.493 e. The van der Waals surface area contributed by atoms with Gasteiger partial charge in [-0.05, 0) is 42.0 Å². The molecule has 0 saturated heterocycles. The van der Waals surface area contributed by atoms with Crippen LogP contribution in [0.3, 0.4) is 0 Å². The summed E-state index contributed by atoms with van der Waals surface area (Å²) < 4.78 is 24.1. The van der Waals surface area contributed by atoms with Crippen LogP contribution in [0.25, 0.3) is 10.9 Å². The van der Waals surface area contributed by atoms with Crippen LogP contribution >= 0.6 is 0 Å². The van der Waals surface area contributed by atoms with E-state index < -0.39 is 0 Å². The molecule has 0 aliphatic rings. The summed E-state index contributed by atoms with van der Waals surface area (Å²) in [6, 6.07) is 11.1. The van der Waals surface area contributed by atoms with E-state index in [2.05, 4.69) is 10.3 Å². The molecule has 0 aliphatic carbocycles. The normalized spacial score (nSPS) is 10.6. The quantitative estimate of drug-likeness (QED) is 0.640. The van der Waals surface area contributed by atoms with Crippen LogP contribution in [0, 0.1) is 5.82 Å². The highest BCUT2D eigenvalue weighted by Gasteiger charge is 2.12. The third-order valence-corrected chi connectivity index (χ3v) is 4.36. The van der Waals surface area contributed by atoms with Crippen LogP contribution in [0.15, 0.2) is 42.5 Å². The lowest BCUT2D eigenvalue weighted by molar-refractivity contribution is -0.130. The van der Waals surface area contributed by atoms with Crippen molar-refractivity contribution < 1.29 is 23.5 Å². The number of halogens is 1. The maximum atomic E-state index is 13.3. The Morgan fingerprint density at radius 3 is 2.62 bits per heavy atom. The van der Waals surface area contributed by atoms with Gasteiger partial charge in [0.15, 0.2) is 18.1 Å². The van der Waals surface area contributed by atoms with Crippen molar-refractivity contribution in [2.24, 2.45) is 0 Å². The van der Waals surface area contributed by atoms with Crippen molar-refractivity contribution in [1.29, 1.82) is 0 Å². The summed E-state index contributed by atoms with van der Waals surface area (Å²) >= 11 is 0. The predicted molar refractivity (Wildman–Crippen MR) is 107 cm³/mol. The highest BCUT2D eigenvalue weighted by Crippen LogP contribution is 2.28. The molecule has 0 fully saturated rings. The molecule has 0 atom stereocenters. The van der Waals surface area contributed by atoms with E-state index in [-0.39, 0.29) is 30.8 Å². The number of ether oxygens (including phenoxy) is 2. The first-order valence-electron chi connectivity index (χ1n) is 8.93. The van der Waals surface area contributed by atoms with Gasteiger partial charge in [-0.2, -0.15) is 0 Å². The standard InChI is InChI=1S/C21H22FN3O4/c1-25(2)20(26)12-29-18-7-4-13(8-19(18)28-3)11-23-21(27)17-10-14-9-15(22)5-6-16(14)24-17/h4-10,24H,11-12H2,1-3H3,(H,23,27). The predicted octanol–water partition coefficient (Wildman–Crippen LogP) is 2.71. The number of rotatable bonds is 7. The molecular formula is C21H22FN3O4. The SMILES string of the molecule is COc1cc(CNC(=O)c2cc3cc(F)ccc3[nH]2)ccc1OCC(=O)N(C)C. The van der Waals surface area contributed by atoms with Gasteiger partial charge in [0.25, 0.3) is 11.8 Å². The Labute approximate surface area is 167 Å². The maximum absolute atomic E-state index is 13.3. The molecule has 3 rings (SSSR count). The smallest absolute Gasteiger partial charge is 0.267 e. The number of fused-ring (bicyclic) bond motifs is 1. The molecule has 0 saturated carbocycles. The number of aromatic nitrogens is 1. The van der Waals surface area contributed by atoms with E-state index in [4.69, 9.17) is 9.47 Å². The van der Waals surface area contributed by atoms with Gasteiger partial charge in [0.1, 0.15) is 11.5 Å². The van der Waals surface area contributed by atoms with Gasteiger partial charge in [-0.1, -0.05) is 6.07 Å². The summed E-state index contributed by atoms with van der Waals surface area (Å²) in [5.74, 6) is 0.0732. The first-order chi connectivity index (χ1) is 13.9. The zero-order valence-corrected chi connectivity index (χ0v) is 16.4. The van der Waals surface area contributed by atoms with Crippen LogP contribution in [0.2, 0.25) is 0 Å². The molecule has 29 heavy (non-hydrogen) atoms. The fourth-order valence-corrected chi connectivity index (χ4v) is 2.71. The summed E-state index contributed by atoms with van der Waals surface area (Å²) in [5, 5.41) is 3.44. The molecule has 2 amide bonds. The molecule has 8 heteroatoms. The molecule has 0 aliphatic heterocycles. The number of methoxy groups -OCH3 is 1. The highest BCUT2D eigenvalue weighted by atomic mass is 19.1. The van der Waals surface area contributed by atoms with Crippen molar-refractivity contribution in [2.75, 3.05) is 27.8 Å². The highest BCUT2D eigenvalue weighted by molar-refractivity contribution is 5.98. The number of nitrogens with one attached hydrogen (secondary N) is 2. The van der Waals surface area contributed by atoms with Gasteiger partial charge in [-0.15, -0.1) is 0 Å². The molecule has 0 bridgehead atoms. The molecule has 0 radical (unpaired) electrons. The lowest BCUT2D eigenvalue weighted by atomic mass is 10.2. The van der Waals surface area contributed by atoms with E-state index in [1.807, 2.05) is 0 Å². The van der Waals surface area contributed by atoms with Gasteiger partial charge in [0.05, 0.1) is 7.11 Å². The molecule has 3 aromatic rings. The minimum atomic E-state index is -0.356. The van der Waals surface area contributed by atoms with Crippen LogP contribution in [0.4, 0.5) is 4.39 Å². The number of likely N-dealkylation sites (N-methyl/N-ethyl adjacent to an activating group) is 1. The average molecular weight is 399 g/mol. The average Bonchev–Trinajstić information content (AvgIpc) is 3.13. The number of hydrogen-bond acceptors (Lipinski definition) is 4. The monoisotopic (exact) mass is 399 g/mol. The van der Waals surface area contributed by atoms with Crippen molar-refractivity contribution in [3.8, 4) is 11.5 Å². The van der Waals surface area contributed by atoms with Crippen LogP contribution in [0.5, 0.6) is 11.5 Å². The summed E-state index contributed by atoms with van der Waals surface area (Å²) in [6.07, 6.45) is 0. The minimum absolute atomic E-state index is 0.0968. The summed E-state index contributed by atoms with van der Waals surface area (Å²) in [4.78, 5) is 28.5. The van der Waals surface area contributed by atoms with Gasteiger partial charge in [0, 0.05) is 31.5 Å². The summed E-state index contributed by atoms with van der Waals surface area (Å²) in [7, 11) is 4.80. The molecule has 1 heterocycles. The molecule has 0 spiro atoms. The first-order valence-corrected chi connectivity index (χ1v) is 8.93. The third kappa shape index (κ3) is 4.84. The topological polar surface area (TPSA) is 83.7 Å². The lowest BCUT2D eigenvalue weighted by Crippen LogP contribution is -2.27. The van der Waals surface area contributed by atoms with Gasteiger partial charge in [0.2, 0.25) is 0 Å². The Bertz CT molecular complexity index is 1050. The van der Waals surface area contributed by atoms with E-state index in [9.17, 15) is 14.0 Å². The van der Waals surface area contributed by atoms with Crippen molar-refractivity contribution in [2.45, 2.75) is 6.54 Å². The Balaban J connectivity index is 1.64. The summed E-state index contributed by atoms with van der Waals surface area (Å²) in [6.45, 7) is 0.163. The van der Waals surface area contributed by atoms with Crippen molar-refractivity contribution in [3.63, 3.8) is 0 Å². The second-order valence-corrected chi connectivity index (χ2v) is 6.66. The fourth-order valence-electron chi connectivity index (χ4n) is 2.71. The van der Waals surface area contributed by atoms with Crippen LogP contribution < -0.4 is 14.8 Å². The van der Waals surface area contributed by atoms with E-state index >= 15 is 0 Å².